The Bertz CT molecular complexity index is 946. The van der Waals surface area contributed by atoms with E-state index in [0.29, 0.717) is 0 Å². The highest BCUT2D eigenvalue weighted by Gasteiger charge is 2.30. The molecule has 0 aliphatic heterocycles. The van der Waals surface area contributed by atoms with Gasteiger partial charge in [-0.2, -0.15) is 0 Å². The number of aliphatic carboxylic acids is 1. The summed E-state index contributed by atoms with van der Waals surface area (Å²) >= 11 is 0. The molecule has 8 nitrogen and oxygen atoms in total. The summed E-state index contributed by atoms with van der Waals surface area (Å²) in [5.74, 6) is -2.27. The number of nitrogens with one attached hydrogen (secondary N) is 2. The van der Waals surface area contributed by atoms with Gasteiger partial charge in [-0.1, -0.05) is 55.5 Å². The first kappa shape index (κ1) is 23.3. The number of ether oxygens (including phenoxy) is 1. The van der Waals surface area contributed by atoms with Crippen LogP contribution in [0.25, 0.3) is 11.1 Å². The van der Waals surface area contributed by atoms with E-state index < -0.39 is 29.9 Å². The summed E-state index contributed by atoms with van der Waals surface area (Å²) in [7, 11) is 3.55. The monoisotopic (exact) mass is 439 g/mol. The summed E-state index contributed by atoms with van der Waals surface area (Å²) < 4.78 is 5.52. The molecular formula is C24H29N3O5. The number of carboxylic acids is 1. The quantitative estimate of drug-likeness (QED) is 0.553. The second-order valence-corrected chi connectivity index (χ2v) is 8.27. The third-order valence-corrected chi connectivity index (χ3v) is 5.50. The van der Waals surface area contributed by atoms with E-state index in [-0.39, 0.29) is 25.6 Å². The van der Waals surface area contributed by atoms with Crippen LogP contribution >= 0.6 is 0 Å². The van der Waals surface area contributed by atoms with Crippen LogP contribution in [0.1, 0.15) is 24.0 Å². The number of nitrogens with zero attached hydrogens (tertiary/aromatic N) is 1. The summed E-state index contributed by atoms with van der Waals surface area (Å²) in [4.78, 5) is 37.8. The van der Waals surface area contributed by atoms with Gasteiger partial charge in [0.05, 0.1) is 5.92 Å². The molecule has 0 radical (unpaired) electrons. The predicted molar refractivity (Wildman–Crippen MR) is 120 cm³/mol. The number of likely N-dealkylation sites (N-methyl/N-ethyl adjacent to an activating group) is 1. The lowest BCUT2D eigenvalue weighted by Gasteiger charge is -2.22. The predicted octanol–water partition coefficient (Wildman–Crippen LogP) is 2.29. The number of carbonyl (C=O) groups excluding carboxylic acids is 2. The lowest BCUT2D eigenvalue weighted by atomic mass is 9.98. The number of hydrogen-bond acceptors (Lipinski definition) is 5. The number of carbonyl (C=O) groups is 3. The van der Waals surface area contributed by atoms with Crippen molar-refractivity contribution < 1.29 is 24.2 Å². The average molecular weight is 440 g/mol. The van der Waals surface area contributed by atoms with Crippen LogP contribution in [0, 0.1) is 5.92 Å². The fourth-order valence-electron chi connectivity index (χ4n) is 3.81. The van der Waals surface area contributed by atoms with Crippen LogP contribution in [0.5, 0.6) is 0 Å². The highest BCUT2D eigenvalue weighted by Crippen LogP contribution is 2.44. The minimum Gasteiger partial charge on any atom is -0.481 e. The van der Waals surface area contributed by atoms with Crippen molar-refractivity contribution in [2.45, 2.75) is 18.9 Å². The van der Waals surface area contributed by atoms with E-state index >= 15 is 0 Å². The third-order valence-electron chi connectivity index (χ3n) is 5.50. The van der Waals surface area contributed by atoms with Crippen molar-refractivity contribution in [3.63, 3.8) is 0 Å². The topological polar surface area (TPSA) is 108 Å². The molecule has 1 aliphatic carbocycles. The van der Waals surface area contributed by atoms with Crippen molar-refractivity contribution in [2.24, 2.45) is 5.92 Å². The van der Waals surface area contributed by atoms with Gasteiger partial charge in [0.1, 0.15) is 12.6 Å². The molecular weight excluding hydrogens is 410 g/mol. The fourth-order valence-corrected chi connectivity index (χ4v) is 3.81. The standard InChI is InChI=1S/C24H29N3O5/c1-15(23(29)30)12-25-22(28)21(13-27(2)3)26-24(31)32-14-20-18-10-6-4-8-16(18)17-9-5-7-11-19(17)20/h4-11,15,20-21H,12-14H2,1-3H3,(H,25,28)(H,26,31)(H,29,30). The maximum atomic E-state index is 12.5. The van der Waals surface area contributed by atoms with Crippen molar-refractivity contribution in [1.29, 1.82) is 0 Å². The zero-order chi connectivity index (χ0) is 23.3. The SMILES string of the molecule is CC(CNC(=O)C(CN(C)C)NC(=O)OCC1c2ccccc2-c2ccccc21)C(=O)O. The number of benzene rings is 2. The van der Waals surface area contributed by atoms with Crippen molar-refractivity contribution in [3.05, 3.63) is 59.7 Å². The van der Waals surface area contributed by atoms with Gasteiger partial charge in [-0.05, 0) is 36.3 Å². The normalized spacial score (nSPS) is 14.2. The molecule has 2 amide bonds. The first-order valence-corrected chi connectivity index (χ1v) is 10.5. The van der Waals surface area contributed by atoms with Crippen LogP contribution in [-0.4, -0.2) is 67.8 Å². The van der Waals surface area contributed by atoms with E-state index in [4.69, 9.17) is 9.84 Å². The second kappa shape index (κ2) is 10.3. The molecule has 2 atom stereocenters. The Morgan fingerprint density at radius 1 is 1.03 bits per heavy atom. The molecule has 8 heteroatoms. The summed E-state index contributed by atoms with van der Waals surface area (Å²) in [5, 5.41) is 14.2. The van der Waals surface area contributed by atoms with Crippen molar-refractivity contribution in [2.75, 3.05) is 33.8 Å². The number of alkyl carbamates (subject to hydrolysis) is 1. The van der Waals surface area contributed by atoms with Crippen LogP contribution < -0.4 is 10.6 Å². The fraction of sp³-hybridized carbons (Fsp3) is 0.375. The van der Waals surface area contributed by atoms with E-state index in [0.717, 1.165) is 22.3 Å². The lowest BCUT2D eigenvalue weighted by molar-refractivity contribution is -0.141. The molecule has 2 unspecified atom stereocenters. The molecule has 32 heavy (non-hydrogen) atoms. The summed E-state index contributed by atoms with van der Waals surface area (Å²) in [6, 6.07) is 15.2. The van der Waals surface area contributed by atoms with Crippen molar-refractivity contribution >= 4 is 18.0 Å². The first-order valence-electron chi connectivity index (χ1n) is 10.5. The van der Waals surface area contributed by atoms with Crippen LogP contribution in [-0.2, 0) is 14.3 Å². The van der Waals surface area contributed by atoms with E-state index in [1.165, 1.54) is 6.92 Å². The van der Waals surface area contributed by atoms with Gasteiger partial charge in [0, 0.05) is 19.0 Å². The third kappa shape index (κ3) is 5.45. The number of hydrogen-bond donors (Lipinski definition) is 3. The van der Waals surface area contributed by atoms with Gasteiger partial charge in [-0.15, -0.1) is 0 Å². The highest BCUT2D eigenvalue weighted by molar-refractivity contribution is 5.86. The van der Waals surface area contributed by atoms with Gasteiger partial charge in [-0.25, -0.2) is 4.79 Å². The minimum absolute atomic E-state index is 0.0233. The molecule has 170 valence electrons. The van der Waals surface area contributed by atoms with Gasteiger partial charge in [-0.3, -0.25) is 9.59 Å². The molecule has 0 bridgehead atoms. The van der Waals surface area contributed by atoms with Gasteiger partial charge in [0.2, 0.25) is 5.91 Å². The first-order chi connectivity index (χ1) is 15.3. The zero-order valence-corrected chi connectivity index (χ0v) is 18.5. The molecule has 1 aliphatic rings. The largest absolute Gasteiger partial charge is 0.481 e. The molecule has 0 heterocycles. The molecule has 0 aromatic heterocycles. The summed E-state index contributed by atoms with van der Waals surface area (Å²) in [6.45, 7) is 1.87. The van der Waals surface area contributed by atoms with E-state index in [2.05, 4.69) is 22.8 Å². The molecule has 0 saturated heterocycles. The van der Waals surface area contributed by atoms with Crippen LogP contribution in [0.3, 0.4) is 0 Å². The van der Waals surface area contributed by atoms with E-state index in [1.54, 1.807) is 19.0 Å². The summed E-state index contributed by atoms with van der Waals surface area (Å²) in [5.41, 5.74) is 4.47. The minimum atomic E-state index is -1.00. The number of rotatable bonds is 9. The van der Waals surface area contributed by atoms with Crippen molar-refractivity contribution in [3.8, 4) is 11.1 Å². The lowest BCUT2D eigenvalue weighted by Crippen LogP contribution is -2.52. The zero-order valence-electron chi connectivity index (χ0n) is 18.5. The molecule has 3 N–H and O–H groups in total. The Kier molecular flexibility index (Phi) is 7.48. The maximum Gasteiger partial charge on any atom is 0.407 e. The Labute approximate surface area is 187 Å². The van der Waals surface area contributed by atoms with E-state index in [1.807, 2.05) is 36.4 Å². The number of carboxylic acid groups (broad SMARTS) is 1. The number of amides is 2. The highest BCUT2D eigenvalue weighted by atomic mass is 16.5. The van der Waals surface area contributed by atoms with Crippen LogP contribution in [0.2, 0.25) is 0 Å². The van der Waals surface area contributed by atoms with Crippen LogP contribution in [0.4, 0.5) is 4.79 Å². The van der Waals surface area contributed by atoms with Gasteiger partial charge >= 0.3 is 12.1 Å². The second-order valence-electron chi connectivity index (χ2n) is 8.27. The van der Waals surface area contributed by atoms with Crippen LogP contribution in [0.15, 0.2) is 48.5 Å². The molecule has 3 rings (SSSR count). The number of fused-ring (bicyclic) bond motifs is 3. The summed E-state index contributed by atoms with van der Waals surface area (Å²) in [6.07, 6.45) is -0.694. The molecule has 0 fully saturated rings. The molecule has 0 saturated carbocycles. The van der Waals surface area contributed by atoms with Gasteiger partial charge in [0.15, 0.2) is 0 Å². The Morgan fingerprint density at radius 3 is 2.12 bits per heavy atom. The average Bonchev–Trinajstić information content (AvgIpc) is 3.08. The Balaban J connectivity index is 1.63. The van der Waals surface area contributed by atoms with Crippen molar-refractivity contribution in [1.82, 2.24) is 15.5 Å². The van der Waals surface area contributed by atoms with Gasteiger partial charge in [0.25, 0.3) is 0 Å². The smallest absolute Gasteiger partial charge is 0.407 e. The molecule has 0 spiro atoms. The maximum absolute atomic E-state index is 12.5. The molecule has 2 aromatic rings. The van der Waals surface area contributed by atoms with Gasteiger partial charge < -0.3 is 25.4 Å². The Morgan fingerprint density at radius 2 is 1.59 bits per heavy atom. The Hall–Kier alpha value is -3.39. The molecule has 2 aromatic carbocycles. The van der Waals surface area contributed by atoms with E-state index in [9.17, 15) is 14.4 Å².